The first-order valence-corrected chi connectivity index (χ1v) is 9.77. The average molecular weight is 395 g/mol. The SMILES string of the molecule is Cc1nn(-c2ccccc2)nc1C(=O)O[C@H](C)C(=O)N(C)C1(C#N)CCCCC1. The van der Waals surface area contributed by atoms with Crippen molar-refractivity contribution in [1.82, 2.24) is 19.9 Å². The standard InChI is InChI=1S/C21H25N5O3/c1-15-18(24-26(23-15)17-10-6-4-7-11-17)20(28)29-16(2)19(27)25(3)21(14-22)12-8-5-9-13-21/h4,6-7,10-11,16H,5,8-9,12-13H2,1-3H3/t16-/m1/s1. The Labute approximate surface area is 170 Å². The Morgan fingerprint density at radius 2 is 1.86 bits per heavy atom. The zero-order valence-electron chi connectivity index (χ0n) is 17.0. The Morgan fingerprint density at radius 1 is 1.21 bits per heavy atom. The van der Waals surface area contributed by atoms with Crippen LogP contribution in [0.4, 0.5) is 0 Å². The van der Waals surface area contributed by atoms with Gasteiger partial charge >= 0.3 is 5.97 Å². The number of hydrogen-bond donors (Lipinski definition) is 0. The molecule has 0 N–H and O–H groups in total. The van der Waals surface area contributed by atoms with Gasteiger partial charge in [-0.2, -0.15) is 15.2 Å². The molecule has 0 bridgehead atoms. The highest BCUT2D eigenvalue weighted by atomic mass is 16.5. The number of para-hydroxylation sites is 1. The molecule has 1 aromatic carbocycles. The van der Waals surface area contributed by atoms with Crippen LogP contribution >= 0.6 is 0 Å². The molecule has 0 spiro atoms. The van der Waals surface area contributed by atoms with Crippen molar-refractivity contribution >= 4 is 11.9 Å². The summed E-state index contributed by atoms with van der Waals surface area (Å²) in [6.45, 7) is 3.18. The molecule has 2 aromatic rings. The Kier molecular flexibility index (Phi) is 5.97. The van der Waals surface area contributed by atoms with Gasteiger partial charge in [-0.25, -0.2) is 4.79 Å². The first-order valence-electron chi connectivity index (χ1n) is 9.77. The van der Waals surface area contributed by atoms with Crippen LogP contribution in [-0.4, -0.2) is 50.5 Å². The number of hydrogen-bond acceptors (Lipinski definition) is 6. The molecule has 1 fully saturated rings. The summed E-state index contributed by atoms with van der Waals surface area (Å²) in [5.41, 5.74) is 0.353. The van der Waals surface area contributed by atoms with Gasteiger partial charge < -0.3 is 9.64 Å². The summed E-state index contributed by atoms with van der Waals surface area (Å²) in [7, 11) is 1.61. The van der Waals surface area contributed by atoms with Crippen LogP contribution in [0.3, 0.4) is 0 Å². The second kappa shape index (κ2) is 8.43. The van der Waals surface area contributed by atoms with Gasteiger partial charge in [-0.05, 0) is 38.8 Å². The molecule has 1 heterocycles. The summed E-state index contributed by atoms with van der Waals surface area (Å²) in [5.74, 6) is -1.11. The van der Waals surface area contributed by atoms with Crippen LogP contribution in [0.1, 0.15) is 55.2 Å². The zero-order valence-corrected chi connectivity index (χ0v) is 17.0. The number of carbonyl (C=O) groups is 2. The maximum absolute atomic E-state index is 12.8. The van der Waals surface area contributed by atoms with Crippen LogP contribution in [0.25, 0.3) is 5.69 Å². The van der Waals surface area contributed by atoms with Crippen molar-refractivity contribution in [2.75, 3.05) is 7.05 Å². The fourth-order valence-electron chi connectivity index (χ4n) is 3.65. The first-order chi connectivity index (χ1) is 13.9. The summed E-state index contributed by atoms with van der Waals surface area (Å²) in [6, 6.07) is 11.5. The topological polar surface area (TPSA) is 101 Å². The molecule has 1 atom stereocenters. The minimum atomic E-state index is -1.03. The lowest BCUT2D eigenvalue weighted by molar-refractivity contribution is -0.143. The predicted molar refractivity (Wildman–Crippen MR) is 105 cm³/mol. The van der Waals surface area contributed by atoms with E-state index in [1.165, 1.54) is 16.6 Å². The van der Waals surface area contributed by atoms with Gasteiger partial charge in [0.05, 0.1) is 17.5 Å². The van der Waals surface area contributed by atoms with Gasteiger partial charge in [-0.15, -0.1) is 5.10 Å². The Bertz CT molecular complexity index is 926. The van der Waals surface area contributed by atoms with Crippen LogP contribution < -0.4 is 0 Å². The molecule has 0 aliphatic heterocycles. The van der Waals surface area contributed by atoms with Gasteiger partial charge in [0, 0.05) is 7.05 Å². The number of nitriles is 1. The van der Waals surface area contributed by atoms with E-state index in [2.05, 4.69) is 16.3 Å². The van der Waals surface area contributed by atoms with E-state index in [4.69, 9.17) is 4.74 Å². The predicted octanol–water partition coefficient (Wildman–Crippen LogP) is 2.81. The number of amides is 1. The van der Waals surface area contributed by atoms with Gasteiger partial charge in [0.1, 0.15) is 5.54 Å². The first kappa shape index (κ1) is 20.5. The molecular weight excluding hydrogens is 370 g/mol. The number of carbonyl (C=O) groups excluding carboxylic acids is 2. The van der Waals surface area contributed by atoms with E-state index in [1.54, 1.807) is 14.0 Å². The van der Waals surface area contributed by atoms with E-state index in [1.807, 2.05) is 30.3 Å². The summed E-state index contributed by atoms with van der Waals surface area (Å²) >= 11 is 0. The third-order valence-corrected chi connectivity index (χ3v) is 5.46. The summed E-state index contributed by atoms with van der Waals surface area (Å²) in [4.78, 5) is 28.2. The second-order valence-corrected chi connectivity index (χ2v) is 7.41. The highest BCUT2D eigenvalue weighted by Gasteiger charge is 2.41. The third-order valence-electron chi connectivity index (χ3n) is 5.46. The Balaban J connectivity index is 1.71. The Morgan fingerprint density at radius 3 is 2.48 bits per heavy atom. The maximum atomic E-state index is 12.8. The summed E-state index contributed by atoms with van der Waals surface area (Å²) in [5, 5.41) is 18.1. The van der Waals surface area contributed by atoms with Crippen LogP contribution in [-0.2, 0) is 9.53 Å². The lowest BCUT2D eigenvalue weighted by Crippen LogP contribution is -2.53. The molecule has 3 rings (SSSR count). The van der Waals surface area contributed by atoms with Gasteiger partial charge in [-0.3, -0.25) is 4.79 Å². The smallest absolute Gasteiger partial charge is 0.361 e. The molecule has 29 heavy (non-hydrogen) atoms. The third kappa shape index (κ3) is 4.14. The van der Waals surface area contributed by atoms with Crippen molar-refractivity contribution in [3.63, 3.8) is 0 Å². The van der Waals surface area contributed by atoms with Crippen molar-refractivity contribution in [1.29, 1.82) is 5.26 Å². The molecule has 0 radical (unpaired) electrons. The van der Waals surface area contributed by atoms with E-state index < -0.39 is 23.5 Å². The molecule has 1 aromatic heterocycles. The molecule has 0 saturated heterocycles. The summed E-state index contributed by atoms with van der Waals surface area (Å²) in [6.07, 6.45) is 3.11. The summed E-state index contributed by atoms with van der Waals surface area (Å²) < 4.78 is 5.37. The molecule has 1 aliphatic rings. The number of ether oxygens (including phenoxy) is 1. The zero-order chi connectivity index (χ0) is 21.0. The quantitative estimate of drug-likeness (QED) is 0.722. The highest BCUT2D eigenvalue weighted by Crippen LogP contribution is 2.33. The van der Waals surface area contributed by atoms with Crippen LogP contribution in [0.2, 0.25) is 0 Å². The molecule has 152 valence electrons. The van der Waals surface area contributed by atoms with E-state index >= 15 is 0 Å². The molecule has 1 saturated carbocycles. The van der Waals surface area contributed by atoms with Crippen molar-refractivity contribution < 1.29 is 14.3 Å². The lowest BCUT2D eigenvalue weighted by atomic mass is 9.81. The minimum Gasteiger partial charge on any atom is -0.448 e. The number of benzene rings is 1. The minimum absolute atomic E-state index is 0.0591. The average Bonchev–Trinajstić information content (AvgIpc) is 3.15. The van der Waals surface area contributed by atoms with Crippen molar-refractivity contribution in [3.05, 3.63) is 41.7 Å². The van der Waals surface area contributed by atoms with Crippen molar-refractivity contribution in [2.45, 2.75) is 57.6 Å². The molecule has 8 nitrogen and oxygen atoms in total. The van der Waals surface area contributed by atoms with Gasteiger partial charge in [0.15, 0.2) is 11.8 Å². The van der Waals surface area contributed by atoms with Gasteiger partial charge in [0.25, 0.3) is 5.91 Å². The number of aryl methyl sites for hydroxylation is 1. The monoisotopic (exact) mass is 395 g/mol. The maximum Gasteiger partial charge on any atom is 0.361 e. The number of likely N-dealkylation sites (N-methyl/N-ethyl adjacent to an activating group) is 1. The van der Waals surface area contributed by atoms with Gasteiger partial charge in [0.2, 0.25) is 0 Å². The molecule has 1 aliphatic carbocycles. The fraction of sp³-hybridized carbons (Fsp3) is 0.476. The Hall–Kier alpha value is -3.21. The molecular formula is C21H25N5O3. The highest BCUT2D eigenvalue weighted by molar-refractivity contribution is 5.91. The van der Waals surface area contributed by atoms with Crippen LogP contribution in [0, 0.1) is 18.3 Å². The largest absolute Gasteiger partial charge is 0.448 e. The van der Waals surface area contributed by atoms with E-state index in [9.17, 15) is 14.9 Å². The molecule has 8 heteroatoms. The number of aromatic nitrogens is 3. The van der Waals surface area contributed by atoms with Crippen LogP contribution in [0.15, 0.2) is 30.3 Å². The normalized spacial score (nSPS) is 16.5. The number of nitrogens with zero attached hydrogens (tertiary/aromatic N) is 5. The number of esters is 1. The lowest BCUT2D eigenvalue weighted by Gasteiger charge is -2.39. The number of rotatable bonds is 5. The van der Waals surface area contributed by atoms with E-state index in [0.717, 1.165) is 19.3 Å². The van der Waals surface area contributed by atoms with Crippen molar-refractivity contribution in [3.8, 4) is 11.8 Å². The van der Waals surface area contributed by atoms with Crippen LogP contribution in [0.5, 0.6) is 0 Å². The second-order valence-electron chi connectivity index (χ2n) is 7.41. The molecule has 1 amide bonds. The van der Waals surface area contributed by atoms with Crippen molar-refractivity contribution in [2.24, 2.45) is 0 Å². The van der Waals surface area contributed by atoms with Gasteiger partial charge in [-0.1, -0.05) is 37.5 Å². The fourth-order valence-corrected chi connectivity index (χ4v) is 3.65. The van der Waals surface area contributed by atoms with E-state index in [-0.39, 0.29) is 5.69 Å². The molecule has 0 unspecified atom stereocenters. The van der Waals surface area contributed by atoms with E-state index in [0.29, 0.717) is 24.2 Å².